The van der Waals surface area contributed by atoms with Gasteiger partial charge in [-0.2, -0.15) is 0 Å². The van der Waals surface area contributed by atoms with Crippen LogP contribution in [0, 0.1) is 5.92 Å². The SMILES string of the molecule is C.O=C(c1csc(-n2ccnc2)c1)N1CCCC2CCCCC21. The Balaban J connectivity index is 0.00000156. The van der Waals surface area contributed by atoms with Gasteiger partial charge in [0.2, 0.25) is 0 Å². The molecule has 2 aliphatic rings. The Morgan fingerprint density at radius 3 is 2.87 bits per heavy atom. The van der Waals surface area contributed by atoms with Gasteiger partial charge in [-0.25, -0.2) is 4.98 Å². The van der Waals surface area contributed by atoms with Crippen molar-refractivity contribution in [3.8, 4) is 5.00 Å². The first-order chi connectivity index (χ1) is 10.8. The van der Waals surface area contributed by atoms with E-state index in [1.165, 1.54) is 32.1 Å². The predicted octanol–water partition coefficient (Wildman–Crippen LogP) is 4.36. The molecule has 2 aromatic heterocycles. The molecule has 1 saturated carbocycles. The lowest BCUT2D eigenvalue weighted by atomic mass is 9.78. The number of amides is 1. The Bertz CT molecular complexity index is 647. The number of thiophene rings is 1. The molecule has 1 amide bonds. The van der Waals surface area contributed by atoms with Crippen LogP contribution in [0.25, 0.3) is 5.00 Å². The molecule has 23 heavy (non-hydrogen) atoms. The molecule has 1 saturated heterocycles. The number of carbonyl (C=O) groups is 1. The molecule has 4 rings (SSSR count). The maximum absolute atomic E-state index is 12.9. The smallest absolute Gasteiger partial charge is 0.255 e. The minimum atomic E-state index is 0. The lowest BCUT2D eigenvalue weighted by molar-refractivity contribution is 0.0391. The number of hydrogen-bond acceptors (Lipinski definition) is 3. The highest BCUT2D eigenvalue weighted by Crippen LogP contribution is 2.36. The Labute approximate surface area is 142 Å². The number of fused-ring (bicyclic) bond motifs is 1. The molecular formula is C18H25N3OS. The van der Waals surface area contributed by atoms with Gasteiger partial charge in [0.05, 0.1) is 11.9 Å². The van der Waals surface area contributed by atoms with E-state index in [1.807, 2.05) is 22.2 Å². The normalized spacial score (nSPS) is 23.9. The zero-order valence-electron chi connectivity index (χ0n) is 12.6. The van der Waals surface area contributed by atoms with Gasteiger partial charge in [0.25, 0.3) is 5.91 Å². The van der Waals surface area contributed by atoms with Gasteiger partial charge in [-0.1, -0.05) is 20.3 Å². The standard InChI is InChI=1S/C17H21N3OS.CH4/c21-17(14-10-16(22-11-14)19-9-7-18-12-19)20-8-3-5-13-4-1-2-6-15(13)20;/h7,9-13,15H,1-6,8H2;1H4. The molecule has 1 aliphatic heterocycles. The second-order valence-electron chi connectivity index (χ2n) is 6.40. The van der Waals surface area contributed by atoms with Gasteiger partial charge in [0.1, 0.15) is 5.00 Å². The number of imidazole rings is 1. The largest absolute Gasteiger partial charge is 0.335 e. The molecule has 3 heterocycles. The van der Waals surface area contributed by atoms with Crippen LogP contribution in [0.15, 0.2) is 30.2 Å². The van der Waals surface area contributed by atoms with E-state index in [1.54, 1.807) is 23.9 Å². The van der Waals surface area contributed by atoms with Gasteiger partial charge in [0.15, 0.2) is 0 Å². The van der Waals surface area contributed by atoms with Crippen LogP contribution in [0.4, 0.5) is 0 Å². The van der Waals surface area contributed by atoms with Gasteiger partial charge >= 0.3 is 0 Å². The number of carbonyl (C=O) groups excluding carboxylic acids is 1. The summed E-state index contributed by atoms with van der Waals surface area (Å²) >= 11 is 1.60. The predicted molar refractivity (Wildman–Crippen MR) is 94.2 cm³/mol. The number of nitrogens with zero attached hydrogens (tertiary/aromatic N) is 3. The third-order valence-corrected chi connectivity index (χ3v) is 6.04. The van der Waals surface area contributed by atoms with Crippen LogP contribution in [0.5, 0.6) is 0 Å². The summed E-state index contributed by atoms with van der Waals surface area (Å²) in [7, 11) is 0. The Morgan fingerprint density at radius 1 is 1.22 bits per heavy atom. The van der Waals surface area contributed by atoms with Crippen LogP contribution in [0.2, 0.25) is 0 Å². The monoisotopic (exact) mass is 331 g/mol. The number of aromatic nitrogens is 2. The topological polar surface area (TPSA) is 38.1 Å². The molecular weight excluding hydrogens is 306 g/mol. The van der Waals surface area contributed by atoms with Gasteiger partial charge in [-0.3, -0.25) is 9.36 Å². The van der Waals surface area contributed by atoms with E-state index in [-0.39, 0.29) is 13.3 Å². The van der Waals surface area contributed by atoms with Gasteiger partial charge < -0.3 is 4.90 Å². The fourth-order valence-corrected chi connectivity index (χ4v) is 4.85. The van der Waals surface area contributed by atoms with Crippen molar-refractivity contribution in [1.29, 1.82) is 0 Å². The molecule has 0 N–H and O–H groups in total. The molecule has 2 fully saturated rings. The maximum Gasteiger partial charge on any atom is 0.255 e. The van der Waals surface area contributed by atoms with E-state index in [9.17, 15) is 4.79 Å². The van der Waals surface area contributed by atoms with E-state index in [2.05, 4.69) is 9.88 Å². The number of piperidine rings is 1. The van der Waals surface area contributed by atoms with E-state index in [4.69, 9.17) is 0 Å². The van der Waals surface area contributed by atoms with E-state index >= 15 is 0 Å². The van der Waals surface area contributed by atoms with Gasteiger partial charge in [-0.05, 0) is 37.7 Å². The lowest BCUT2D eigenvalue weighted by Gasteiger charge is -2.44. The summed E-state index contributed by atoms with van der Waals surface area (Å²) in [6, 6.07) is 2.48. The molecule has 2 atom stereocenters. The van der Waals surface area contributed by atoms with Crippen LogP contribution in [0.3, 0.4) is 0 Å². The van der Waals surface area contributed by atoms with Crippen molar-refractivity contribution in [3.05, 3.63) is 35.7 Å². The summed E-state index contributed by atoms with van der Waals surface area (Å²) in [6.45, 7) is 0.927. The Morgan fingerprint density at radius 2 is 2.04 bits per heavy atom. The first kappa shape index (κ1) is 16.2. The zero-order chi connectivity index (χ0) is 14.9. The first-order valence-electron chi connectivity index (χ1n) is 8.21. The van der Waals surface area contributed by atoms with E-state index < -0.39 is 0 Å². The average molecular weight is 331 g/mol. The maximum atomic E-state index is 12.9. The summed E-state index contributed by atoms with van der Waals surface area (Å²) in [5.74, 6) is 0.956. The third kappa shape index (κ3) is 3.07. The minimum absolute atomic E-state index is 0. The van der Waals surface area contributed by atoms with Crippen molar-refractivity contribution in [2.24, 2.45) is 5.92 Å². The van der Waals surface area contributed by atoms with E-state index in [0.717, 1.165) is 29.4 Å². The molecule has 4 nitrogen and oxygen atoms in total. The molecule has 0 aromatic carbocycles. The van der Waals surface area contributed by atoms with Crippen LogP contribution in [-0.2, 0) is 0 Å². The Hall–Kier alpha value is -1.62. The van der Waals surface area contributed by atoms with Crippen LogP contribution >= 0.6 is 11.3 Å². The average Bonchev–Trinajstić information content (AvgIpc) is 3.24. The highest BCUT2D eigenvalue weighted by atomic mass is 32.1. The number of likely N-dealkylation sites (tertiary alicyclic amines) is 1. The molecule has 0 spiro atoms. The highest BCUT2D eigenvalue weighted by Gasteiger charge is 2.36. The second kappa shape index (κ2) is 6.87. The second-order valence-corrected chi connectivity index (χ2v) is 7.29. The molecule has 5 heteroatoms. The van der Waals surface area contributed by atoms with Crippen molar-refractivity contribution >= 4 is 17.2 Å². The molecule has 2 aromatic rings. The van der Waals surface area contributed by atoms with Crippen molar-refractivity contribution in [2.45, 2.75) is 52.0 Å². The molecule has 1 aliphatic carbocycles. The fourth-order valence-electron chi connectivity index (χ4n) is 4.00. The van der Waals surface area contributed by atoms with Crippen molar-refractivity contribution < 1.29 is 4.79 Å². The van der Waals surface area contributed by atoms with Crippen LogP contribution in [0.1, 0.15) is 56.3 Å². The third-order valence-electron chi connectivity index (χ3n) is 5.10. The van der Waals surface area contributed by atoms with Gasteiger partial charge in [-0.15, -0.1) is 11.3 Å². The molecule has 2 unspecified atom stereocenters. The van der Waals surface area contributed by atoms with Crippen LogP contribution < -0.4 is 0 Å². The summed E-state index contributed by atoms with van der Waals surface area (Å²) in [5, 5.41) is 3.04. The molecule has 124 valence electrons. The quantitative estimate of drug-likeness (QED) is 0.820. The van der Waals surface area contributed by atoms with Gasteiger partial charge in [0, 0.05) is 30.4 Å². The Kier molecular flexibility index (Phi) is 4.85. The number of hydrogen-bond donors (Lipinski definition) is 0. The minimum Gasteiger partial charge on any atom is -0.335 e. The number of rotatable bonds is 2. The molecule has 0 radical (unpaired) electrons. The van der Waals surface area contributed by atoms with Crippen molar-refractivity contribution in [1.82, 2.24) is 14.5 Å². The van der Waals surface area contributed by atoms with Crippen LogP contribution in [-0.4, -0.2) is 32.9 Å². The lowest BCUT2D eigenvalue weighted by Crippen LogP contribution is -2.49. The summed E-state index contributed by atoms with van der Waals surface area (Å²) in [5.41, 5.74) is 0.833. The summed E-state index contributed by atoms with van der Waals surface area (Å²) < 4.78 is 1.96. The summed E-state index contributed by atoms with van der Waals surface area (Å²) in [4.78, 5) is 19.2. The highest BCUT2D eigenvalue weighted by molar-refractivity contribution is 7.12. The van der Waals surface area contributed by atoms with E-state index in [0.29, 0.717) is 6.04 Å². The van der Waals surface area contributed by atoms with Crippen molar-refractivity contribution in [2.75, 3.05) is 6.54 Å². The first-order valence-corrected chi connectivity index (χ1v) is 9.09. The fraction of sp³-hybridized carbons (Fsp3) is 0.556. The summed E-state index contributed by atoms with van der Waals surface area (Å²) in [6.07, 6.45) is 13.0. The van der Waals surface area contributed by atoms with Crippen molar-refractivity contribution in [3.63, 3.8) is 0 Å². The zero-order valence-corrected chi connectivity index (χ0v) is 13.5. The molecule has 0 bridgehead atoms.